The van der Waals surface area contributed by atoms with Crippen LogP contribution >= 0.6 is 0 Å². The number of nitrogens with zero attached hydrogens (tertiary/aromatic N) is 2. The second-order valence-electron chi connectivity index (χ2n) is 9.39. The highest BCUT2D eigenvalue weighted by molar-refractivity contribution is 6.04. The van der Waals surface area contributed by atoms with Gasteiger partial charge in [0.25, 0.3) is 5.91 Å². The van der Waals surface area contributed by atoms with Crippen molar-refractivity contribution in [3.63, 3.8) is 0 Å². The largest absolute Gasteiger partial charge is 0.416 e. The van der Waals surface area contributed by atoms with Crippen molar-refractivity contribution in [3.05, 3.63) is 77.1 Å². The summed E-state index contributed by atoms with van der Waals surface area (Å²) in [5.41, 5.74) is 1.31. The van der Waals surface area contributed by atoms with Gasteiger partial charge in [-0.15, -0.1) is 0 Å². The molecule has 0 spiro atoms. The summed E-state index contributed by atoms with van der Waals surface area (Å²) in [4.78, 5) is 19.0. The van der Waals surface area contributed by atoms with Gasteiger partial charge >= 0.3 is 6.18 Å². The first-order valence-electron chi connectivity index (χ1n) is 11.8. The molecule has 1 saturated heterocycles. The normalized spacial score (nSPS) is 21.2. The molecular weight excluding hydrogens is 490 g/mol. The molecule has 1 aromatic heterocycles. The van der Waals surface area contributed by atoms with Crippen molar-refractivity contribution in [3.8, 4) is 11.1 Å². The van der Waals surface area contributed by atoms with Gasteiger partial charge in [-0.3, -0.25) is 9.78 Å². The number of hydrogen-bond donors (Lipinski definition) is 2. The lowest BCUT2D eigenvalue weighted by atomic mass is 9.82. The fraction of sp³-hybridized carbons (Fsp3) is 0.333. The first kappa shape index (κ1) is 25.2. The van der Waals surface area contributed by atoms with Gasteiger partial charge in [-0.05, 0) is 48.4 Å². The van der Waals surface area contributed by atoms with Gasteiger partial charge in [0, 0.05) is 35.5 Å². The highest BCUT2D eigenvalue weighted by Crippen LogP contribution is 2.42. The fourth-order valence-corrected chi connectivity index (χ4v) is 5.00. The monoisotopic (exact) mass is 515 g/mol. The summed E-state index contributed by atoms with van der Waals surface area (Å²) in [6.45, 7) is 2.31. The molecule has 2 aliphatic heterocycles. The number of aliphatic hydroxyl groups excluding tert-OH is 1. The maximum absolute atomic E-state index is 15.5. The Morgan fingerprint density at radius 2 is 2.05 bits per heavy atom. The van der Waals surface area contributed by atoms with Gasteiger partial charge in [0.2, 0.25) is 0 Å². The Labute approximate surface area is 210 Å². The van der Waals surface area contributed by atoms with Crippen LogP contribution in [0.3, 0.4) is 0 Å². The summed E-state index contributed by atoms with van der Waals surface area (Å²) >= 11 is 0. The summed E-state index contributed by atoms with van der Waals surface area (Å²) in [5.74, 6) is -0.687. The molecule has 3 aromatic rings. The Kier molecular flexibility index (Phi) is 6.41. The second-order valence-corrected chi connectivity index (χ2v) is 9.39. The Morgan fingerprint density at radius 1 is 1.24 bits per heavy atom. The van der Waals surface area contributed by atoms with E-state index in [-0.39, 0.29) is 18.6 Å². The molecule has 1 amide bonds. The smallest absolute Gasteiger partial charge is 0.393 e. The molecule has 194 valence electrons. The molecule has 0 unspecified atom stereocenters. The molecule has 37 heavy (non-hydrogen) atoms. The molecule has 2 aromatic carbocycles. The van der Waals surface area contributed by atoms with E-state index in [0.29, 0.717) is 30.1 Å². The van der Waals surface area contributed by atoms with Gasteiger partial charge in [-0.1, -0.05) is 18.2 Å². The highest BCUT2D eigenvalue weighted by Gasteiger charge is 2.48. The topological polar surface area (TPSA) is 74.7 Å². The van der Waals surface area contributed by atoms with Crippen molar-refractivity contribution in [2.75, 3.05) is 36.6 Å². The number of aryl methyl sites for hydroxylation is 1. The number of hydrogen-bond acceptors (Lipinski definition) is 5. The molecule has 6 nitrogen and oxygen atoms in total. The molecular formula is C27H25F4N3O3. The van der Waals surface area contributed by atoms with Crippen molar-refractivity contribution in [2.45, 2.75) is 31.2 Å². The predicted octanol–water partition coefficient (Wildman–Crippen LogP) is 4.79. The van der Waals surface area contributed by atoms with E-state index in [1.165, 1.54) is 18.3 Å². The molecule has 0 saturated carbocycles. The molecule has 10 heteroatoms. The number of amides is 1. The standard InChI is InChI=1S/C27H25F4N3O3/c1-16-22(11-21(13-32-16)33-25(36)18-3-2-4-20(9-18)27(29,30)31)17-5-6-19-12-26(28,15-35)24-14-37-8-7-34(24)23(19)10-17/h2-6,9-11,13,24,35H,7-8,12,14-15H2,1H3,(H,33,36)/t24-,26+/m0/s1. The van der Waals surface area contributed by atoms with Crippen molar-refractivity contribution < 1.29 is 32.2 Å². The van der Waals surface area contributed by atoms with Crippen LogP contribution in [0.1, 0.15) is 27.2 Å². The molecule has 0 radical (unpaired) electrons. The van der Waals surface area contributed by atoms with E-state index in [4.69, 9.17) is 4.74 Å². The van der Waals surface area contributed by atoms with E-state index in [2.05, 4.69) is 10.3 Å². The number of pyridine rings is 1. The lowest BCUT2D eigenvalue weighted by Crippen LogP contribution is -2.62. The molecule has 0 aliphatic carbocycles. The molecule has 1 fully saturated rings. The quantitative estimate of drug-likeness (QED) is 0.489. The number of aliphatic hydroxyl groups is 1. The lowest BCUT2D eigenvalue weighted by molar-refractivity contribution is -0.137. The lowest BCUT2D eigenvalue weighted by Gasteiger charge is -2.48. The molecule has 2 aliphatic rings. The van der Waals surface area contributed by atoms with E-state index in [9.17, 15) is 23.1 Å². The maximum Gasteiger partial charge on any atom is 0.416 e. The number of halogens is 4. The number of nitrogens with one attached hydrogen (secondary N) is 1. The van der Waals surface area contributed by atoms with Gasteiger partial charge in [0.1, 0.15) is 0 Å². The Balaban J connectivity index is 1.45. The number of anilines is 2. The van der Waals surface area contributed by atoms with Crippen molar-refractivity contribution in [2.24, 2.45) is 0 Å². The van der Waals surface area contributed by atoms with Crippen molar-refractivity contribution >= 4 is 17.3 Å². The number of carbonyl (C=O) groups is 1. The van der Waals surface area contributed by atoms with E-state index in [0.717, 1.165) is 28.9 Å². The zero-order chi connectivity index (χ0) is 26.4. The molecule has 0 bridgehead atoms. The minimum atomic E-state index is -4.56. The number of morpholine rings is 1. The minimum absolute atomic E-state index is 0.0635. The van der Waals surface area contributed by atoms with Crippen LogP contribution in [-0.2, 0) is 17.3 Å². The van der Waals surface area contributed by atoms with Crippen LogP contribution in [0.5, 0.6) is 0 Å². The van der Waals surface area contributed by atoms with Crippen LogP contribution in [0.25, 0.3) is 11.1 Å². The number of fused-ring (bicyclic) bond motifs is 3. The van der Waals surface area contributed by atoms with E-state index in [1.54, 1.807) is 6.07 Å². The highest BCUT2D eigenvalue weighted by atomic mass is 19.4. The van der Waals surface area contributed by atoms with Crippen molar-refractivity contribution in [1.82, 2.24) is 4.98 Å². The van der Waals surface area contributed by atoms with Crippen LogP contribution in [0, 0.1) is 6.92 Å². The number of alkyl halides is 4. The van der Waals surface area contributed by atoms with Gasteiger partial charge in [0.15, 0.2) is 5.67 Å². The predicted molar refractivity (Wildman–Crippen MR) is 130 cm³/mol. The summed E-state index contributed by atoms with van der Waals surface area (Å²) in [6, 6.07) is 10.9. The summed E-state index contributed by atoms with van der Waals surface area (Å²) in [6.07, 6.45) is -3.05. The third-order valence-electron chi connectivity index (χ3n) is 6.98. The van der Waals surface area contributed by atoms with Crippen LogP contribution in [0.15, 0.2) is 54.7 Å². The minimum Gasteiger partial charge on any atom is -0.393 e. The van der Waals surface area contributed by atoms with Gasteiger partial charge < -0.3 is 20.1 Å². The van der Waals surface area contributed by atoms with Crippen LogP contribution in [-0.4, -0.2) is 54.1 Å². The summed E-state index contributed by atoms with van der Waals surface area (Å²) in [7, 11) is 0. The van der Waals surface area contributed by atoms with Crippen LogP contribution < -0.4 is 10.2 Å². The van der Waals surface area contributed by atoms with E-state index in [1.807, 2.05) is 30.0 Å². The third-order valence-corrected chi connectivity index (χ3v) is 6.98. The van der Waals surface area contributed by atoms with Crippen LogP contribution in [0.2, 0.25) is 0 Å². The SMILES string of the molecule is Cc1ncc(NC(=O)c2cccc(C(F)(F)F)c2)cc1-c1ccc2c(c1)N1CCOC[C@H]1[C@](F)(CO)C2. The summed E-state index contributed by atoms with van der Waals surface area (Å²) < 4.78 is 60.2. The third kappa shape index (κ3) is 4.78. The van der Waals surface area contributed by atoms with Crippen molar-refractivity contribution in [1.29, 1.82) is 0 Å². The first-order valence-corrected chi connectivity index (χ1v) is 11.8. The zero-order valence-corrected chi connectivity index (χ0v) is 20.0. The fourth-order valence-electron chi connectivity index (χ4n) is 5.00. The number of rotatable bonds is 4. The number of benzene rings is 2. The van der Waals surface area contributed by atoms with Crippen LogP contribution in [0.4, 0.5) is 28.9 Å². The number of carbonyl (C=O) groups excluding carboxylic acids is 1. The molecule has 2 N–H and O–H groups in total. The van der Waals surface area contributed by atoms with E-state index < -0.39 is 36.0 Å². The number of ether oxygens (including phenoxy) is 1. The zero-order valence-electron chi connectivity index (χ0n) is 20.0. The van der Waals surface area contributed by atoms with E-state index >= 15 is 4.39 Å². The Hall–Kier alpha value is -3.50. The van der Waals surface area contributed by atoms with Gasteiger partial charge in [-0.25, -0.2) is 4.39 Å². The van der Waals surface area contributed by atoms with Gasteiger partial charge in [-0.2, -0.15) is 13.2 Å². The first-order chi connectivity index (χ1) is 17.6. The van der Waals surface area contributed by atoms with Gasteiger partial charge in [0.05, 0.1) is 43.3 Å². The average molecular weight is 516 g/mol. The maximum atomic E-state index is 15.5. The number of aromatic nitrogens is 1. The molecule has 3 heterocycles. The molecule has 2 atom stereocenters. The second kappa shape index (κ2) is 9.42. The molecule has 5 rings (SSSR count). The average Bonchev–Trinajstić information content (AvgIpc) is 2.89. The Morgan fingerprint density at radius 3 is 2.81 bits per heavy atom. The summed E-state index contributed by atoms with van der Waals surface area (Å²) in [5, 5.41) is 12.4. The Bertz CT molecular complexity index is 1350.